The molecule has 1 aliphatic rings. The summed E-state index contributed by atoms with van der Waals surface area (Å²) in [7, 11) is 1.62. The highest BCUT2D eigenvalue weighted by Gasteiger charge is 2.16. The predicted molar refractivity (Wildman–Crippen MR) is 91.4 cm³/mol. The Labute approximate surface area is 141 Å². The van der Waals surface area contributed by atoms with Crippen molar-refractivity contribution < 1.29 is 18.9 Å². The molecule has 128 valence electrons. The van der Waals surface area contributed by atoms with Gasteiger partial charge in [-0.15, -0.1) is 0 Å². The van der Waals surface area contributed by atoms with Crippen LogP contribution in [0.15, 0.2) is 30.5 Å². The molecule has 6 nitrogen and oxygen atoms in total. The van der Waals surface area contributed by atoms with E-state index >= 15 is 0 Å². The Morgan fingerprint density at radius 1 is 1.21 bits per heavy atom. The van der Waals surface area contributed by atoms with Gasteiger partial charge in [0.1, 0.15) is 18.5 Å². The van der Waals surface area contributed by atoms with Crippen LogP contribution in [0.5, 0.6) is 11.5 Å². The van der Waals surface area contributed by atoms with Gasteiger partial charge in [0.2, 0.25) is 0 Å². The number of methoxy groups -OCH3 is 1. The molecule has 1 aliphatic heterocycles. The van der Waals surface area contributed by atoms with Crippen molar-refractivity contribution in [2.45, 2.75) is 13.0 Å². The number of pyridine rings is 1. The van der Waals surface area contributed by atoms with E-state index in [4.69, 9.17) is 24.7 Å². The second-order valence-electron chi connectivity index (χ2n) is 5.67. The van der Waals surface area contributed by atoms with Gasteiger partial charge in [0, 0.05) is 11.8 Å². The maximum absolute atomic E-state index is 5.84. The van der Waals surface area contributed by atoms with Gasteiger partial charge in [-0.1, -0.05) is 6.07 Å². The highest BCUT2D eigenvalue weighted by Crippen LogP contribution is 2.33. The highest BCUT2D eigenvalue weighted by atomic mass is 16.6. The van der Waals surface area contributed by atoms with Crippen molar-refractivity contribution in [3.63, 3.8) is 0 Å². The number of hydrogen-bond donors (Lipinski definition) is 1. The zero-order valence-corrected chi connectivity index (χ0v) is 14.0. The molecule has 1 aromatic carbocycles. The Morgan fingerprint density at radius 3 is 2.79 bits per heavy atom. The number of nitrogen functional groups attached to an aromatic ring is 1. The number of hydrogen-bond acceptors (Lipinski definition) is 6. The van der Waals surface area contributed by atoms with Crippen LogP contribution in [0.3, 0.4) is 0 Å². The summed E-state index contributed by atoms with van der Waals surface area (Å²) >= 11 is 0. The fourth-order valence-electron chi connectivity index (χ4n) is 2.53. The Kier molecular flexibility index (Phi) is 5.17. The lowest BCUT2D eigenvalue weighted by Crippen LogP contribution is -2.33. The van der Waals surface area contributed by atoms with Crippen LogP contribution in [0.4, 0.5) is 5.82 Å². The Balaban J connectivity index is 1.75. The molecule has 3 rings (SSSR count). The summed E-state index contributed by atoms with van der Waals surface area (Å²) in [4.78, 5) is 4.21. The number of aromatic nitrogens is 1. The average Bonchev–Trinajstić information content (AvgIpc) is 2.63. The maximum Gasteiger partial charge on any atom is 0.161 e. The summed E-state index contributed by atoms with van der Waals surface area (Å²) in [5.41, 5.74) is 8.70. The largest absolute Gasteiger partial charge is 0.493 e. The summed E-state index contributed by atoms with van der Waals surface area (Å²) in [6.45, 7) is 4.17. The molecule has 0 aliphatic carbocycles. The highest BCUT2D eigenvalue weighted by molar-refractivity contribution is 5.68. The van der Waals surface area contributed by atoms with E-state index < -0.39 is 0 Å². The van der Waals surface area contributed by atoms with Crippen LogP contribution in [-0.4, -0.2) is 44.6 Å². The monoisotopic (exact) mass is 330 g/mol. The molecule has 0 spiro atoms. The molecule has 2 N–H and O–H groups in total. The minimum Gasteiger partial charge on any atom is -0.493 e. The van der Waals surface area contributed by atoms with Gasteiger partial charge >= 0.3 is 0 Å². The molecule has 1 saturated heterocycles. The summed E-state index contributed by atoms with van der Waals surface area (Å²) in [6.07, 6.45) is 1.71. The summed E-state index contributed by atoms with van der Waals surface area (Å²) in [5.74, 6) is 1.88. The lowest BCUT2D eigenvalue weighted by Gasteiger charge is -2.23. The number of nitrogens with two attached hydrogens (primary N) is 1. The average molecular weight is 330 g/mol. The lowest BCUT2D eigenvalue weighted by molar-refractivity contribution is -0.101. The number of ether oxygens (including phenoxy) is 4. The lowest BCUT2D eigenvalue weighted by atomic mass is 10.1. The minimum atomic E-state index is -0.0490. The third kappa shape index (κ3) is 3.77. The molecule has 24 heavy (non-hydrogen) atoms. The normalized spacial score (nSPS) is 17.5. The van der Waals surface area contributed by atoms with E-state index in [1.807, 2.05) is 31.2 Å². The first-order valence-corrected chi connectivity index (χ1v) is 7.90. The molecule has 1 unspecified atom stereocenters. The first-order valence-electron chi connectivity index (χ1n) is 7.90. The second-order valence-corrected chi connectivity index (χ2v) is 5.67. The van der Waals surface area contributed by atoms with Crippen LogP contribution in [0.2, 0.25) is 0 Å². The molecule has 2 heterocycles. The molecule has 0 bridgehead atoms. The third-order valence-corrected chi connectivity index (χ3v) is 3.93. The van der Waals surface area contributed by atoms with Crippen LogP contribution in [-0.2, 0) is 9.47 Å². The van der Waals surface area contributed by atoms with E-state index in [2.05, 4.69) is 4.98 Å². The number of benzene rings is 1. The topological polar surface area (TPSA) is 75.8 Å². The van der Waals surface area contributed by atoms with Crippen molar-refractivity contribution in [2.24, 2.45) is 0 Å². The third-order valence-electron chi connectivity index (χ3n) is 3.93. The zero-order chi connectivity index (χ0) is 16.9. The Hall–Kier alpha value is -2.31. The van der Waals surface area contributed by atoms with Crippen LogP contribution < -0.4 is 15.2 Å². The van der Waals surface area contributed by atoms with Gasteiger partial charge in [-0.3, -0.25) is 0 Å². The SMILES string of the molecule is COc1cc(-c2cnc(N)c(C)c2)ccc1OCC1COCCO1. The van der Waals surface area contributed by atoms with Crippen LogP contribution in [0, 0.1) is 6.92 Å². The van der Waals surface area contributed by atoms with Gasteiger partial charge < -0.3 is 24.7 Å². The predicted octanol–water partition coefficient (Wildman–Crippen LogP) is 2.44. The van der Waals surface area contributed by atoms with E-state index in [-0.39, 0.29) is 6.10 Å². The molecule has 0 saturated carbocycles. The van der Waals surface area contributed by atoms with Gasteiger partial charge in [-0.05, 0) is 36.2 Å². The van der Waals surface area contributed by atoms with Gasteiger partial charge in [-0.25, -0.2) is 4.98 Å². The van der Waals surface area contributed by atoms with Crippen molar-refractivity contribution in [1.82, 2.24) is 4.98 Å². The van der Waals surface area contributed by atoms with Crippen LogP contribution in [0.25, 0.3) is 11.1 Å². The Bertz CT molecular complexity index is 699. The molecule has 6 heteroatoms. The van der Waals surface area contributed by atoms with Gasteiger partial charge in [0.05, 0.1) is 26.9 Å². The van der Waals surface area contributed by atoms with Gasteiger partial charge in [0.15, 0.2) is 11.5 Å². The molecule has 2 aromatic rings. The van der Waals surface area contributed by atoms with E-state index in [1.165, 1.54) is 0 Å². The smallest absolute Gasteiger partial charge is 0.161 e. The molecule has 1 fully saturated rings. The van der Waals surface area contributed by atoms with Crippen molar-refractivity contribution in [3.05, 3.63) is 36.0 Å². The molecule has 1 aromatic heterocycles. The first-order chi connectivity index (χ1) is 11.7. The van der Waals surface area contributed by atoms with Crippen molar-refractivity contribution in [2.75, 3.05) is 39.3 Å². The number of aryl methyl sites for hydroxylation is 1. The quantitative estimate of drug-likeness (QED) is 0.907. The van der Waals surface area contributed by atoms with Crippen LogP contribution in [0.1, 0.15) is 5.56 Å². The fourth-order valence-corrected chi connectivity index (χ4v) is 2.53. The number of rotatable bonds is 5. The van der Waals surface area contributed by atoms with E-state index in [0.717, 1.165) is 16.7 Å². The molecule has 0 amide bonds. The number of anilines is 1. The molecular formula is C18H22N2O4. The molecule has 0 radical (unpaired) electrons. The van der Waals surface area contributed by atoms with Crippen molar-refractivity contribution in [3.8, 4) is 22.6 Å². The standard InChI is InChI=1S/C18H22N2O4/c1-12-7-14(9-20-18(12)19)13-3-4-16(17(8-13)21-2)24-11-15-10-22-5-6-23-15/h3-4,7-9,15H,5-6,10-11H2,1-2H3,(H2,19,20). The van der Waals surface area contributed by atoms with E-state index in [9.17, 15) is 0 Å². The summed E-state index contributed by atoms with van der Waals surface area (Å²) in [5, 5.41) is 0. The van der Waals surface area contributed by atoms with Gasteiger partial charge in [0.25, 0.3) is 0 Å². The van der Waals surface area contributed by atoms with Crippen molar-refractivity contribution in [1.29, 1.82) is 0 Å². The fraction of sp³-hybridized carbons (Fsp3) is 0.389. The zero-order valence-electron chi connectivity index (χ0n) is 14.0. The Morgan fingerprint density at radius 2 is 2.08 bits per heavy atom. The molecule has 1 atom stereocenters. The van der Waals surface area contributed by atoms with Gasteiger partial charge in [-0.2, -0.15) is 0 Å². The summed E-state index contributed by atoms with van der Waals surface area (Å²) < 4.78 is 22.2. The first kappa shape index (κ1) is 16.5. The summed E-state index contributed by atoms with van der Waals surface area (Å²) in [6, 6.07) is 7.80. The van der Waals surface area contributed by atoms with E-state index in [0.29, 0.717) is 43.7 Å². The van der Waals surface area contributed by atoms with E-state index in [1.54, 1.807) is 13.3 Å². The second kappa shape index (κ2) is 7.51. The van der Waals surface area contributed by atoms with Crippen molar-refractivity contribution >= 4 is 5.82 Å². The number of nitrogens with zero attached hydrogens (tertiary/aromatic N) is 1. The molecular weight excluding hydrogens is 308 g/mol. The minimum absolute atomic E-state index is 0.0490. The maximum atomic E-state index is 5.84. The van der Waals surface area contributed by atoms with Crippen LogP contribution >= 0.6 is 0 Å².